The third kappa shape index (κ3) is 5.68. The molecule has 2 aromatic heterocycles. The average molecular weight is 552 g/mol. The molecule has 5 aromatic rings. The van der Waals surface area contributed by atoms with E-state index in [1.54, 1.807) is 11.3 Å². The van der Waals surface area contributed by atoms with E-state index in [4.69, 9.17) is 0 Å². The third-order valence-corrected chi connectivity index (χ3v) is 8.76. The molecule has 0 N–H and O–H groups in total. The Morgan fingerprint density at radius 3 is 1.97 bits per heavy atom. The van der Waals surface area contributed by atoms with Gasteiger partial charge in [0, 0.05) is 31.9 Å². The molecule has 1 aliphatic rings. The summed E-state index contributed by atoms with van der Waals surface area (Å²) in [6, 6.07) is 35.6. The number of para-hydroxylation sites is 1. The number of thioether (sulfide) groups is 1. The largest absolute Gasteiger partial charge is 0.339 e. The van der Waals surface area contributed by atoms with Crippen molar-refractivity contribution < 1.29 is 4.79 Å². The molecule has 1 amide bonds. The van der Waals surface area contributed by atoms with Crippen LogP contribution < -0.4 is 0 Å². The molecule has 0 atom stereocenters. The number of carbonyl (C=O) groups excluding carboxylic acids is 1. The van der Waals surface area contributed by atoms with Crippen LogP contribution in [-0.2, 0) is 4.79 Å². The topological polar surface area (TPSA) is 54.3 Å². The van der Waals surface area contributed by atoms with Gasteiger partial charge in [-0.3, -0.25) is 14.3 Å². The highest BCUT2D eigenvalue weighted by Gasteiger charge is 2.28. The van der Waals surface area contributed by atoms with E-state index in [2.05, 4.69) is 75.8 Å². The molecular weight excluding hydrogens is 523 g/mol. The Hall–Kier alpha value is -3.72. The lowest BCUT2D eigenvalue weighted by Gasteiger charge is -2.39. The Morgan fingerprint density at radius 2 is 1.38 bits per heavy atom. The number of amides is 1. The van der Waals surface area contributed by atoms with Gasteiger partial charge in [0.05, 0.1) is 16.7 Å². The van der Waals surface area contributed by atoms with Crippen LogP contribution in [0.2, 0.25) is 0 Å². The summed E-state index contributed by atoms with van der Waals surface area (Å²) in [5.74, 6) is 1.26. The molecule has 0 spiro atoms. The van der Waals surface area contributed by atoms with Gasteiger partial charge in [-0.15, -0.1) is 21.5 Å². The minimum Gasteiger partial charge on any atom is -0.339 e. The average Bonchev–Trinajstić information content (AvgIpc) is 3.68. The van der Waals surface area contributed by atoms with Crippen LogP contribution in [0.1, 0.15) is 17.2 Å². The summed E-state index contributed by atoms with van der Waals surface area (Å²) >= 11 is 3.08. The molecule has 196 valence electrons. The molecule has 39 heavy (non-hydrogen) atoms. The smallest absolute Gasteiger partial charge is 0.233 e. The number of carbonyl (C=O) groups is 1. The number of hydrogen-bond acceptors (Lipinski definition) is 6. The molecule has 0 unspecified atom stereocenters. The van der Waals surface area contributed by atoms with E-state index in [-0.39, 0.29) is 11.9 Å². The van der Waals surface area contributed by atoms with Crippen LogP contribution in [0.5, 0.6) is 0 Å². The Morgan fingerprint density at radius 1 is 0.769 bits per heavy atom. The zero-order valence-corrected chi connectivity index (χ0v) is 23.1. The molecule has 0 bridgehead atoms. The van der Waals surface area contributed by atoms with Crippen LogP contribution in [0.15, 0.2) is 114 Å². The summed E-state index contributed by atoms with van der Waals surface area (Å²) in [6.07, 6.45) is 0. The van der Waals surface area contributed by atoms with Crippen LogP contribution >= 0.6 is 23.1 Å². The van der Waals surface area contributed by atoms with Crippen LogP contribution in [0.3, 0.4) is 0 Å². The van der Waals surface area contributed by atoms with Gasteiger partial charge in [-0.2, -0.15) is 0 Å². The van der Waals surface area contributed by atoms with Crippen molar-refractivity contribution in [2.45, 2.75) is 11.2 Å². The molecule has 6 rings (SSSR count). The highest BCUT2D eigenvalue weighted by Crippen LogP contribution is 2.32. The Labute approximate surface area is 236 Å². The molecule has 1 aliphatic heterocycles. The number of aromatic nitrogens is 3. The lowest BCUT2D eigenvalue weighted by Crippen LogP contribution is -2.50. The summed E-state index contributed by atoms with van der Waals surface area (Å²) in [5, 5.41) is 11.7. The van der Waals surface area contributed by atoms with Crippen molar-refractivity contribution in [3.63, 3.8) is 0 Å². The maximum Gasteiger partial charge on any atom is 0.233 e. The lowest BCUT2D eigenvalue weighted by molar-refractivity contribution is -0.130. The zero-order valence-electron chi connectivity index (χ0n) is 21.5. The molecule has 3 heterocycles. The minimum absolute atomic E-state index is 0.135. The van der Waals surface area contributed by atoms with Crippen molar-refractivity contribution >= 4 is 29.0 Å². The number of piperazine rings is 1. The second-order valence-corrected chi connectivity index (χ2v) is 11.3. The van der Waals surface area contributed by atoms with Crippen LogP contribution in [0, 0.1) is 0 Å². The molecule has 1 fully saturated rings. The first-order valence-corrected chi connectivity index (χ1v) is 14.9. The van der Waals surface area contributed by atoms with Crippen LogP contribution in [0.25, 0.3) is 16.4 Å². The fourth-order valence-electron chi connectivity index (χ4n) is 5.07. The van der Waals surface area contributed by atoms with E-state index in [0.717, 1.165) is 34.6 Å². The van der Waals surface area contributed by atoms with Gasteiger partial charge in [-0.25, -0.2) is 0 Å². The van der Waals surface area contributed by atoms with Gasteiger partial charge in [-0.1, -0.05) is 96.7 Å². The summed E-state index contributed by atoms with van der Waals surface area (Å²) in [4.78, 5) is 18.8. The van der Waals surface area contributed by atoms with Crippen molar-refractivity contribution in [1.29, 1.82) is 0 Å². The first kappa shape index (κ1) is 25.6. The Kier molecular flexibility index (Phi) is 7.85. The predicted octanol–water partition coefficient (Wildman–Crippen LogP) is 6.02. The van der Waals surface area contributed by atoms with Gasteiger partial charge in [0.25, 0.3) is 0 Å². The first-order valence-electron chi connectivity index (χ1n) is 13.1. The van der Waals surface area contributed by atoms with E-state index in [1.807, 2.05) is 57.3 Å². The molecule has 6 nitrogen and oxygen atoms in total. The Bertz CT molecular complexity index is 1440. The number of rotatable bonds is 8. The highest BCUT2D eigenvalue weighted by molar-refractivity contribution is 7.99. The van der Waals surface area contributed by atoms with Gasteiger partial charge in [-0.05, 0) is 34.7 Å². The van der Waals surface area contributed by atoms with Crippen LogP contribution in [-0.4, -0.2) is 62.4 Å². The molecule has 0 aliphatic carbocycles. The third-order valence-electron chi connectivity index (χ3n) is 6.98. The minimum atomic E-state index is 0.135. The fraction of sp³-hybridized carbons (Fsp3) is 0.194. The van der Waals surface area contributed by atoms with E-state index in [9.17, 15) is 4.79 Å². The molecule has 0 radical (unpaired) electrons. The van der Waals surface area contributed by atoms with Crippen molar-refractivity contribution in [3.8, 4) is 16.4 Å². The molecule has 0 saturated carbocycles. The second-order valence-electron chi connectivity index (χ2n) is 9.38. The summed E-state index contributed by atoms with van der Waals surface area (Å²) in [6.45, 7) is 3.07. The van der Waals surface area contributed by atoms with Gasteiger partial charge < -0.3 is 4.90 Å². The van der Waals surface area contributed by atoms with Crippen molar-refractivity contribution in [3.05, 3.63) is 120 Å². The van der Waals surface area contributed by atoms with E-state index < -0.39 is 0 Å². The Balaban J connectivity index is 1.14. The maximum absolute atomic E-state index is 13.3. The van der Waals surface area contributed by atoms with Crippen molar-refractivity contribution in [1.82, 2.24) is 24.6 Å². The summed E-state index contributed by atoms with van der Waals surface area (Å²) in [5.41, 5.74) is 3.55. The maximum atomic E-state index is 13.3. The lowest BCUT2D eigenvalue weighted by atomic mass is 9.96. The number of benzene rings is 3. The van der Waals surface area contributed by atoms with Gasteiger partial charge >= 0.3 is 0 Å². The van der Waals surface area contributed by atoms with Gasteiger partial charge in [0.2, 0.25) is 5.91 Å². The van der Waals surface area contributed by atoms with E-state index >= 15 is 0 Å². The number of thiophene rings is 1. The summed E-state index contributed by atoms with van der Waals surface area (Å²) < 4.78 is 2.05. The highest BCUT2D eigenvalue weighted by atomic mass is 32.2. The predicted molar refractivity (Wildman–Crippen MR) is 158 cm³/mol. The van der Waals surface area contributed by atoms with E-state index in [0.29, 0.717) is 18.8 Å². The molecule has 1 saturated heterocycles. The van der Waals surface area contributed by atoms with Crippen LogP contribution in [0.4, 0.5) is 0 Å². The quantitative estimate of drug-likeness (QED) is 0.221. The van der Waals surface area contributed by atoms with E-state index in [1.165, 1.54) is 22.9 Å². The number of nitrogens with zero attached hydrogens (tertiary/aromatic N) is 5. The SMILES string of the molecule is O=C(CSc1nnc(-c2cccs2)n1-c1ccccc1)N1CCN(C(c2ccccc2)c2ccccc2)CC1. The normalized spacial score (nSPS) is 14.1. The molecule has 8 heteroatoms. The molecular formula is C31H29N5OS2. The fourth-order valence-corrected chi connectivity index (χ4v) is 6.62. The van der Waals surface area contributed by atoms with Gasteiger partial charge in [0.15, 0.2) is 11.0 Å². The van der Waals surface area contributed by atoms with Gasteiger partial charge in [0.1, 0.15) is 0 Å². The number of hydrogen-bond donors (Lipinski definition) is 0. The van der Waals surface area contributed by atoms with Crippen molar-refractivity contribution in [2.24, 2.45) is 0 Å². The zero-order chi connectivity index (χ0) is 26.4. The first-order chi connectivity index (χ1) is 19.3. The standard InChI is InChI=1S/C31H29N5OS2/c37-28(23-39-31-33-32-30(27-17-10-22-38-27)36(31)26-15-8-3-9-16-26)34-18-20-35(21-19-34)29(24-11-4-1-5-12-24)25-13-6-2-7-14-25/h1-17,22,29H,18-21,23H2. The molecule has 3 aromatic carbocycles. The summed E-state index contributed by atoms with van der Waals surface area (Å²) in [7, 11) is 0. The van der Waals surface area contributed by atoms with Crippen molar-refractivity contribution in [2.75, 3.05) is 31.9 Å². The second kappa shape index (κ2) is 12.0. The monoisotopic (exact) mass is 551 g/mol.